The molecule has 0 aromatic heterocycles. The number of esters is 1. The Morgan fingerprint density at radius 3 is 2.08 bits per heavy atom. The molecule has 0 radical (unpaired) electrons. The van der Waals surface area contributed by atoms with Crippen molar-refractivity contribution < 1.29 is 28.7 Å². The van der Waals surface area contributed by atoms with Gasteiger partial charge >= 0.3 is 12.1 Å². The molecule has 0 spiro atoms. The van der Waals surface area contributed by atoms with Gasteiger partial charge < -0.3 is 25.8 Å². The third-order valence-corrected chi connectivity index (χ3v) is 5.03. The minimum Gasteiger partial charge on any atom is -0.459 e. The Balaban J connectivity index is 1.85. The first-order chi connectivity index (χ1) is 16.9. The highest BCUT2D eigenvalue weighted by Crippen LogP contribution is 2.11. The molecule has 4 N–H and O–H groups in total. The maximum Gasteiger partial charge on any atom is 0.408 e. The van der Waals surface area contributed by atoms with E-state index in [1.54, 1.807) is 45.0 Å². The van der Waals surface area contributed by atoms with E-state index in [1.807, 2.05) is 31.2 Å². The molecule has 2 rings (SSSR count). The Morgan fingerprint density at radius 2 is 1.50 bits per heavy atom. The smallest absolute Gasteiger partial charge is 0.408 e. The second-order valence-corrected chi connectivity index (χ2v) is 9.57. The molecular formula is C27H35N3O6. The maximum atomic E-state index is 12.6. The lowest BCUT2D eigenvalue weighted by molar-refractivity contribution is -0.147. The summed E-state index contributed by atoms with van der Waals surface area (Å²) in [4.78, 5) is 48.0. The molecule has 1 atom stereocenters. The van der Waals surface area contributed by atoms with Crippen molar-refractivity contribution in [1.82, 2.24) is 10.6 Å². The van der Waals surface area contributed by atoms with Crippen molar-refractivity contribution in [3.8, 4) is 0 Å². The number of nitrogens with two attached hydrogens (primary N) is 1. The van der Waals surface area contributed by atoms with Gasteiger partial charge in [-0.2, -0.15) is 0 Å². The number of hydrogen-bond acceptors (Lipinski definition) is 6. The van der Waals surface area contributed by atoms with Gasteiger partial charge in [0.1, 0.15) is 18.2 Å². The zero-order valence-corrected chi connectivity index (χ0v) is 21.3. The van der Waals surface area contributed by atoms with Crippen molar-refractivity contribution in [1.29, 1.82) is 0 Å². The van der Waals surface area contributed by atoms with Gasteiger partial charge in [-0.15, -0.1) is 0 Å². The Bertz CT molecular complexity index is 1040. The van der Waals surface area contributed by atoms with Crippen LogP contribution in [0.1, 0.15) is 55.9 Å². The quantitative estimate of drug-likeness (QED) is 0.408. The summed E-state index contributed by atoms with van der Waals surface area (Å²) in [5.74, 6) is -1.40. The molecule has 0 aliphatic rings. The zero-order chi connectivity index (χ0) is 26.7. The summed E-state index contributed by atoms with van der Waals surface area (Å²) in [5, 5.41) is 5.33. The van der Waals surface area contributed by atoms with Gasteiger partial charge in [-0.1, -0.05) is 54.1 Å². The largest absolute Gasteiger partial charge is 0.459 e. The first-order valence-electron chi connectivity index (χ1n) is 11.8. The number of ether oxygens (including phenoxy) is 2. The molecule has 0 aliphatic carbocycles. The van der Waals surface area contributed by atoms with Crippen LogP contribution in [0, 0.1) is 6.92 Å². The first kappa shape index (κ1) is 28.4. The molecule has 194 valence electrons. The number of nitrogens with one attached hydrogen (secondary N) is 2. The van der Waals surface area contributed by atoms with Crippen molar-refractivity contribution in [2.75, 3.05) is 0 Å². The average molecular weight is 498 g/mol. The van der Waals surface area contributed by atoms with E-state index in [2.05, 4.69) is 10.6 Å². The Labute approximate surface area is 211 Å². The second kappa shape index (κ2) is 13.3. The van der Waals surface area contributed by atoms with Crippen LogP contribution in [0.4, 0.5) is 4.79 Å². The van der Waals surface area contributed by atoms with Crippen LogP contribution in [0.2, 0.25) is 0 Å². The minimum atomic E-state index is -1.08. The van der Waals surface area contributed by atoms with E-state index < -0.39 is 29.6 Å². The van der Waals surface area contributed by atoms with Gasteiger partial charge in [0, 0.05) is 13.0 Å². The summed E-state index contributed by atoms with van der Waals surface area (Å²) in [6, 6.07) is 14.0. The van der Waals surface area contributed by atoms with E-state index in [0.717, 1.165) is 16.7 Å². The molecule has 9 nitrogen and oxygen atoms in total. The number of benzene rings is 2. The molecule has 0 bridgehead atoms. The van der Waals surface area contributed by atoms with Crippen LogP contribution in [-0.4, -0.2) is 35.5 Å². The van der Waals surface area contributed by atoms with Gasteiger partial charge in [0.15, 0.2) is 0 Å². The lowest BCUT2D eigenvalue weighted by Crippen LogP contribution is -2.44. The number of rotatable bonds is 11. The monoisotopic (exact) mass is 497 g/mol. The van der Waals surface area contributed by atoms with Crippen LogP contribution in [-0.2, 0) is 43.4 Å². The Hall–Kier alpha value is -3.88. The van der Waals surface area contributed by atoms with E-state index in [4.69, 9.17) is 15.2 Å². The lowest BCUT2D eigenvalue weighted by Gasteiger charge is -2.22. The zero-order valence-electron chi connectivity index (χ0n) is 21.3. The number of carbonyl (C=O) groups excluding carboxylic acids is 4. The number of amides is 3. The van der Waals surface area contributed by atoms with E-state index in [9.17, 15) is 19.2 Å². The van der Waals surface area contributed by atoms with Crippen molar-refractivity contribution in [2.45, 2.75) is 71.8 Å². The first-order valence-corrected chi connectivity index (χ1v) is 11.8. The topological polar surface area (TPSA) is 137 Å². The Morgan fingerprint density at radius 1 is 0.917 bits per heavy atom. The molecule has 0 fully saturated rings. The lowest BCUT2D eigenvalue weighted by atomic mass is 10.1. The highest BCUT2D eigenvalue weighted by Gasteiger charge is 2.26. The van der Waals surface area contributed by atoms with E-state index in [-0.39, 0.29) is 31.8 Å². The van der Waals surface area contributed by atoms with E-state index in [1.165, 1.54) is 0 Å². The molecule has 0 saturated heterocycles. The second-order valence-electron chi connectivity index (χ2n) is 9.57. The molecule has 2 aromatic carbocycles. The molecular weight excluding hydrogens is 462 g/mol. The molecule has 0 saturated carbocycles. The summed E-state index contributed by atoms with van der Waals surface area (Å²) in [6.07, 6.45) is -0.680. The number of alkyl carbamates (subject to hydrolysis) is 1. The van der Waals surface area contributed by atoms with Crippen LogP contribution in [0.15, 0.2) is 48.5 Å². The van der Waals surface area contributed by atoms with Gasteiger partial charge in [-0.05, 0) is 50.8 Å². The van der Waals surface area contributed by atoms with Gasteiger partial charge in [0.25, 0.3) is 0 Å². The fourth-order valence-corrected chi connectivity index (χ4v) is 3.15. The summed E-state index contributed by atoms with van der Waals surface area (Å²) >= 11 is 0. The van der Waals surface area contributed by atoms with Crippen molar-refractivity contribution in [2.24, 2.45) is 5.73 Å². The van der Waals surface area contributed by atoms with Gasteiger partial charge in [0.05, 0.1) is 6.42 Å². The van der Waals surface area contributed by atoms with Gasteiger partial charge in [0.2, 0.25) is 11.8 Å². The molecule has 0 heterocycles. The standard InChI is InChI=1S/C27H35N3O6/c1-18-5-7-20(8-6-18)16-29-24(32)15-19-9-11-21(12-10-19)17-35-25(33)22(13-14-23(28)31)30-26(34)36-27(2,3)4/h5-12,22H,13-17H2,1-4H3,(H2,28,31)(H,29,32)(H,30,34)/t22-/m1/s1. The number of primary amides is 1. The minimum absolute atomic E-state index is 0.00987. The summed E-state index contributed by atoms with van der Waals surface area (Å²) < 4.78 is 10.5. The summed E-state index contributed by atoms with van der Waals surface area (Å²) in [5.41, 5.74) is 8.14. The predicted octanol–water partition coefficient (Wildman–Crippen LogP) is 3.06. The predicted molar refractivity (Wildman–Crippen MR) is 135 cm³/mol. The van der Waals surface area contributed by atoms with Crippen LogP contribution < -0.4 is 16.4 Å². The molecule has 36 heavy (non-hydrogen) atoms. The number of aryl methyl sites for hydroxylation is 1. The maximum absolute atomic E-state index is 12.6. The normalized spacial score (nSPS) is 11.8. The molecule has 0 unspecified atom stereocenters. The van der Waals surface area contributed by atoms with E-state index >= 15 is 0 Å². The van der Waals surface area contributed by atoms with E-state index in [0.29, 0.717) is 12.1 Å². The highest BCUT2D eigenvalue weighted by atomic mass is 16.6. The van der Waals surface area contributed by atoms with Crippen LogP contribution in [0.25, 0.3) is 0 Å². The fourth-order valence-electron chi connectivity index (χ4n) is 3.15. The fraction of sp³-hybridized carbons (Fsp3) is 0.407. The highest BCUT2D eigenvalue weighted by molar-refractivity contribution is 5.82. The van der Waals surface area contributed by atoms with Crippen LogP contribution in [0.3, 0.4) is 0 Å². The molecule has 0 aliphatic heterocycles. The molecule has 9 heteroatoms. The SMILES string of the molecule is Cc1ccc(CNC(=O)Cc2ccc(COC(=O)[C@@H](CCC(N)=O)NC(=O)OC(C)(C)C)cc2)cc1. The van der Waals surface area contributed by atoms with Gasteiger partial charge in [-0.25, -0.2) is 9.59 Å². The number of carbonyl (C=O) groups is 4. The van der Waals surface area contributed by atoms with Crippen molar-refractivity contribution >= 4 is 23.9 Å². The molecule has 2 aromatic rings. The van der Waals surface area contributed by atoms with Crippen molar-refractivity contribution in [3.05, 3.63) is 70.8 Å². The number of hydrogen-bond donors (Lipinski definition) is 3. The third-order valence-electron chi connectivity index (χ3n) is 5.03. The Kier molecular flexibility index (Phi) is 10.5. The van der Waals surface area contributed by atoms with Crippen LogP contribution >= 0.6 is 0 Å². The summed E-state index contributed by atoms with van der Waals surface area (Å²) in [7, 11) is 0. The summed E-state index contributed by atoms with van der Waals surface area (Å²) in [6.45, 7) is 7.52. The van der Waals surface area contributed by atoms with Gasteiger partial charge in [-0.3, -0.25) is 9.59 Å². The molecule has 3 amide bonds. The third kappa shape index (κ3) is 11.0. The van der Waals surface area contributed by atoms with Crippen LogP contribution in [0.5, 0.6) is 0 Å². The van der Waals surface area contributed by atoms with Crippen molar-refractivity contribution in [3.63, 3.8) is 0 Å². The average Bonchev–Trinajstić information content (AvgIpc) is 2.79.